The summed E-state index contributed by atoms with van der Waals surface area (Å²) in [7, 11) is 0. The fourth-order valence-corrected chi connectivity index (χ4v) is 3.12. The first-order valence-electron chi connectivity index (χ1n) is 5.88. The second-order valence-electron chi connectivity index (χ2n) is 4.76. The third kappa shape index (κ3) is 1.52. The molecule has 1 fully saturated rings. The van der Waals surface area contributed by atoms with E-state index in [-0.39, 0.29) is 5.82 Å². The van der Waals surface area contributed by atoms with E-state index in [1.54, 1.807) is 12.1 Å². The molecule has 0 amide bonds. The second kappa shape index (κ2) is 3.51. The van der Waals surface area contributed by atoms with Gasteiger partial charge in [-0.15, -0.1) is 0 Å². The summed E-state index contributed by atoms with van der Waals surface area (Å²) in [6.07, 6.45) is 5.45. The number of rotatable bonds is 1. The minimum absolute atomic E-state index is 0.131. The standard InChI is InChI=1S/C13H16FN/c14-10-5-6-11-12(8-15-13(11)7-10)9-3-1-2-4-9/h5-7,9,12,15H,1-4,8H2. The summed E-state index contributed by atoms with van der Waals surface area (Å²) >= 11 is 0. The first-order chi connectivity index (χ1) is 7.34. The van der Waals surface area contributed by atoms with E-state index < -0.39 is 0 Å². The van der Waals surface area contributed by atoms with Crippen LogP contribution in [0.2, 0.25) is 0 Å². The van der Waals surface area contributed by atoms with E-state index in [0.717, 1.165) is 18.2 Å². The summed E-state index contributed by atoms with van der Waals surface area (Å²) in [5.41, 5.74) is 2.36. The van der Waals surface area contributed by atoms with Crippen molar-refractivity contribution in [1.82, 2.24) is 0 Å². The van der Waals surface area contributed by atoms with Crippen LogP contribution in [0.5, 0.6) is 0 Å². The van der Waals surface area contributed by atoms with E-state index in [4.69, 9.17) is 0 Å². The Bertz CT molecular complexity index is 369. The van der Waals surface area contributed by atoms with Crippen LogP contribution in [0, 0.1) is 11.7 Å². The smallest absolute Gasteiger partial charge is 0.125 e. The van der Waals surface area contributed by atoms with Crippen LogP contribution in [0.1, 0.15) is 37.2 Å². The van der Waals surface area contributed by atoms with Crippen molar-refractivity contribution in [2.24, 2.45) is 5.92 Å². The number of nitrogens with one attached hydrogen (secondary N) is 1. The third-order valence-electron chi connectivity index (χ3n) is 3.90. The molecule has 1 N–H and O–H groups in total. The van der Waals surface area contributed by atoms with Crippen molar-refractivity contribution in [3.8, 4) is 0 Å². The van der Waals surface area contributed by atoms with Crippen molar-refractivity contribution < 1.29 is 4.39 Å². The van der Waals surface area contributed by atoms with Gasteiger partial charge in [0.1, 0.15) is 5.82 Å². The molecule has 2 heteroatoms. The maximum atomic E-state index is 13.0. The predicted octanol–water partition coefficient (Wildman–Crippen LogP) is 3.53. The van der Waals surface area contributed by atoms with E-state index in [1.807, 2.05) is 6.07 Å². The summed E-state index contributed by atoms with van der Waals surface area (Å²) in [5, 5.41) is 3.33. The van der Waals surface area contributed by atoms with Gasteiger partial charge in [-0.2, -0.15) is 0 Å². The largest absolute Gasteiger partial charge is 0.384 e. The predicted molar refractivity (Wildman–Crippen MR) is 59.6 cm³/mol. The van der Waals surface area contributed by atoms with Crippen molar-refractivity contribution in [1.29, 1.82) is 0 Å². The lowest BCUT2D eigenvalue weighted by molar-refractivity contribution is 0.460. The van der Waals surface area contributed by atoms with Crippen LogP contribution in [0.3, 0.4) is 0 Å². The van der Waals surface area contributed by atoms with E-state index in [1.165, 1.54) is 31.2 Å². The highest BCUT2D eigenvalue weighted by Crippen LogP contribution is 2.43. The van der Waals surface area contributed by atoms with Gasteiger partial charge in [0.05, 0.1) is 0 Å². The Morgan fingerprint density at radius 2 is 2.00 bits per heavy atom. The molecule has 0 spiro atoms. The van der Waals surface area contributed by atoms with E-state index in [2.05, 4.69) is 5.32 Å². The van der Waals surface area contributed by atoms with Crippen molar-refractivity contribution in [3.63, 3.8) is 0 Å². The molecule has 1 nitrogen and oxygen atoms in total. The topological polar surface area (TPSA) is 12.0 Å². The summed E-state index contributed by atoms with van der Waals surface area (Å²) in [6, 6.07) is 5.19. The van der Waals surface area contributed by atoms with Crippen molar-refractivity contribution in [2.75, 3.05) is 11.9 Å². The monoisotopic (exact) mass is 205 g/mol. The number of hydrogen-bond donors (Lipinski definition) is 1. The zero-order valence-electron chi connectivity index (χ0n) is 8.80. The average Bonchev–Trinajstić information content (AvgIpc) is 2.82. The molecule has 1 heterocycles. The van der Waals surface area contributed by atoms with Crippen LogP contribution >= 0.6 is 0 Å². The summed E-state index contributed by atoms with van der Waals surface area (Å²) in [6.45, 7) is 1.00. The summed E-state index contributed by atoms with van der Waals surface area (Å²) < 4.78 is 13.0. The molecule has 15 heavy (non-hydrogen) atoms. The molecule has 0 bridgehead atoms. The fourth-order valence-electron chi connectivity index (χ4n) is 3.12. The highest BCUT2D eigenvalue weighted by Gasteiger charge is 2.31. The number of fused-ring (bicyclic) bond motifs is 1. The van der Waals surface area contributed by atoms with Gasteiger partial charge in [-0.1, -0.05) is 18.9 Å². The molecule has 1 aromatic carbocycles. The molecule has 0 aromatic heterocycles. The highest BCUT2D eigenvalue weighted by atomic mass is 19.1. The molecular weight excluding hydrogens is 189 g/mol. The van der Waals surface area contributed by atoms with Gasteiger partial charge in [0, 0.05) is 18.2 Å². The molecule has 1 aromatic rings. The summed E-state index contributed by atoms with van der Waals surface area (Å²) in [5.74, 6) is 1.32. The van der Waals surface area contributed by atoms with E-state index >= 15 is 0 Å². The lowest BCUT2D eigenvalue weighted by Gasteiger charge is -2.17. The highest BCUT2D eigenvalue weighted by molar-refractivity contribution is 5.58. The molecule has 1 unspecified atom stereocenters. The van der Waals surface area contributed by atoms with Gasteiger partial charge in [0.15, 0.2) is 0 Å². The van der Waals surface area contributed by atoms with E-state index in [9.17, 15) is 4.39 Å². The molecule has 1 atom stereocenters. The van der Waals surface area contributed by atoms with Gasteiger partial charge in [-0.05, 0) is 36.5 Å². The Morgan fingerprint density at radius 1 is 1.20 bits per heavy atom. The van der Waals surface area contributed by atoms with Crippen LogP contribution < -0.4 is 5.32 Å². The zero-order chi connectivity index (χ0) is 10.3. The number of benzene rings is 1. The van der Waals surface area contributed by atoms with Crippen LogP contribution in [-0.4, -0.2) is 6.54 Å². The molecule has 1 aliphatic carbocycles. The lowest BCUT2D eigenvalue weighted by Crippen LogP contribution is -2.11. The molecule has 2 aliphatic rings. The van der Waals surface area contributed by atoms with E-state index in [0.29, 0.717) is 5.92 Å². The van der Waals surface area contributed by atoms with Gasteiger partial charge in [-0.3, -0.25) is 0 Å². The summed E-state index contributed by atoms with van der Waals surface area (Å²) in [4.78, 5) is 0. The van der Waals surface area contributed by atoms with Crippen LogP contribution in [0.4, 0.5) is 10.1 Å². The lowest BCUT2D eigenvalue weighted by atomic mass is 9.86. The molecule has 0 saturated heterocycles. The Hall–Kier alpha value is -1.05. The van der Waals surface area contributed by atoms with Crippen LogP contribution in [-0.2, 0) is 0 Å². The van der Waals surface area contributed by atoms with Gasteiger partial charge < -0.3 is 5.32 Å². The van der Waals surface area contributed by atoms with Crippen LogP contribution in [0.15, 0.2) is 18.2 Å². The normalized spacial score (nSPS) is 25.3. The van der Waals surface area contributed by atoms with Crippen LogP contribution in [0.25, 0.3) is 0 Å². The minimum Gasteiger partial charge on any atom is -0.384 e. The van der Waals surface area contributed by atoms with Gasteiger partial charge in [0.25, 0.3) is 0 Å². The Morgan fingerprint density at radius 3 is 2.80 bits per heavy atom. The molecule has 3 rings (SSSR count). The average molecular weight is 205 g/mol. The second-order valence-corrected chi connectivity index (χ2v) is 4.76. The number of hydrogen-bond acceptors (Lipinski definition) is 1. The first kappa shape index (κ1) is 9.20. The molecular formula is C13H16FN. The molecule has 80 valence electrons. The number of anilines is 1. The molecule has 0 radical (unpaired) electrons. The Balaban J connectivity index is 1.90. The fraction of sp³-hybridized carbons (Fsp3) is 0.538. The Kier molecular flexibility index (Phi) is 2.15. The first-order valence-corrected chi connectivity index (χ1v) is 5.88. The van der Waals surface area contributed by atoms with Gasteiger partial charge in [0.2, 0.25) is 0 Å². The molecule has 1 aliphatic heterocycles. The van der Waals surface area contributed by atoms with Gasteiger partial charge >= 0.3 is 0 Å². The maximum absolute atomic E-state index is 13.0. The van der Waals surface area contributed by atoms with Gasteiger partial charge in [-0.25, -0.2) is 4.39 Å². The Labute approximate surface area is 89.7 Å². The SMILES string of the molecule is Fc1ccc2c(c1)NCC2C1CCCC1. The number of halogens is 1. The zero-order valence-corrected chi connectivity index (χ0v) is 8.80. The van der Waals surface area contributed by atoms with Crippen molar-refractivity contribution >= 4 is 5.69 Å². The maximum Gasteiger partial charge on any atom is 0.125 e. The third-order valence-corrected chi connectivity index (χ3v) is 3.90. The van der Waals surface area contributed by atoms with Crippen molar-refractivity contribution in [3.05, 3.63) is 29.6 Å². The van der Waals surface area contributed by atoms with Crippen molar-refractivity contribution in [2.45, 2.75) is 31.6 Å². The quantitative estimate of drug-likeness (QED) is 0.739. The minimum atomic E-state index is -0.131. The molecule has 1 saturated carbocycles.